The van der Waals surface area contributed by atoms with Crippen LogP contribution in [-0.2, 0) is 29.1 Å². The largest absolute Gasteiger partial charge is 0.445 e. The monoisotopic (exact) mass is 929 g/mol. The van der Waals surface area contributed by atoms with E-state index < -0.39 is 0 Å². The maximum Gasteiger partial charge on any atom is 0.410 e. The molecular formula is C56H63N7O4S. The smallest absolute Gasteiger partial charge is 0.410 e. The molecule has 5 aromatic carbocycles. The number of thiocarbonyl (C=S) groups is 1. The Morgan fingerprint density at radius 3 is 1.57 bits per heavy atom. The van der Waals surface area contributed by atoms with Gasteiger partial charge in [-0.3, -0.25) is 0 Å². The molecule has 0 saturated carbocycles. The van der Waals surface area contributed by atoms with Gasteiger partial charge in [-0.15, -0.1) is 0 Å². The third kappa shape index (κ3) is 9.24. The number of anilines is 2. The summed E-state index contributed by atoms with van der Waals surface area (Å²) in [5.74, 6) is 1.03. The van der Waals surface area contributed by atoms with Crippen molar-refractivity contribution < 1.29 is 19.1 Å². The first-order valence-electron chi connectivity index (χ1n) is 24.9. The van der Waals surface area contributed by atoms with Crippen LogP contribution in [0.15, 0.2) is 115 Å². The molecule has 0 radical (unpaired) electrons. The van der Waals surface area contributed by atoms with Gasteiger partial charge in [0, 0.05) is 83.4 Å². The molecule has 4 saturated heterocycles. The van der Waals surface area contributed by atoms with E-state index in [9.17, 15) is 9.59 Å². The average molecular weight is 930 g/mol. The van der Waals surface area contributed by atoms with E-state index in [0.29, 0.717) is 18.4 Å². The van der Waals surface area contributed by atoms with Gasteiger partial charge in [-0.2, -0.15) is 0 Å². The van der Waals surface area contributed by atoms with Crippen molar-refractivity contribution >= 4 is 40.9 Å². The topological polar surface area (TPSA) is 84.1 Å². The maximum absolute atomic E-state index is 13.5. The minimum absolute atomic E-state index is 0.0691. The molecule has 0 aromatic heterocycles. The van der Waals surface area contributed by atoms with Crippen molar-refractivity contribution in [3.05, 3.63) is 154 Å². The van der Waals surface area contributed by atoms with Gasteiger partial charge in [0.2, 0.25) is 0 Å². The van der Waals surface area contributed by atoms with Crippen molar-refractivity contribution in [1.82, 2.24) is 24.9 Å². The van der Waals surface area contributed by atoms with Crippen molar-refractivity contribution in [2.45, 2.75) is 69.2 Å². The van der Waals surface area contributed by atoms with Gasteiger partial charge in [-0.05, 0) is 138 Å². The molecular weight excluding hydrogens is 867 g/mol. The van der Waals surface area contributed by atoms with Gasteiger partial charge in [-0.1, -0.05) is 91.0 Å². The molecule has 2 amide bonds. The summed E-state index contributed by atoms with van der Waals surface area (Å²) in [6.07, 6.45) is 4.37. The number of hydrogen-bond donors (Lipinski definition) is 1. The standard InChI is InChI=1S/C56H63N7O4S/c1-58-25-27-59(28-26-58)46-15-17-48-44-21-24-63(52(33-44)50(48)35-46)56(65)67-38-41-9-13-43(14-10-41)42-11-7-39(8-12-42)19-22-57-54(68)61-31-29-60(30-32-61)47-16-18-49-45-20-23-62(53(34-45)51(49)36-47)55(64)66-37-40-5-3-2-4-6-40/h2-18,35-36,44-45,52-53H,19-34,37-38H2,1H3,(H,57,68). The Bertz CT molecular complexity index is 2610. The molecule has 6 aliphatic rings. The van der Waals surface area contributed by atoms with Crippen LogP contribution in [-0.4, -0.2) is 116 Å². The molecule has 4 unspecified atom stereocenters. The summed E-state index contributed by atoms with van der Waals surface area (Å²) in [5, 5.41) is 4.33. The number of rotatable bonds is 10. The second-order valence-corrected chi connectivity index (χ2v) is 20.1. The summed E-state index contributed by atoms with van der Waals surface area (Å²) in [6.45, 7) is 10.5. The maximum atomic E-state index is 13.5. The Balaban J connectivity index is 0.617. The molecule has 12 heteroatoms. The third-order valence-electron chi connectivity index (χ3n) is 15.7. The quantitative estimate of drug-likeness (QED) is 0.137. The summed E-state index contributed by atoms with van der Waals surface area (Å²) < 4.78 is 11.7. The van der Waals surface area contributed by atoms with E-state index >= 15 is 0 Å². The number of nitrogens with zero attached hydrogens (tertiary/aromatic N) is 6. The zero-order chi connectivity index (χ0) is 46.1. The highest BCUT2D eigenvalue weighted by Crippen LogP contribution is 2.51. The number of benzene rings is 5. The molecule has 352 valence electrons. The van der Waals surface area contributed by atoms with E-state index in [2.05, 4.69) is 117 Å². The van der Waals surface area contributed by atoms with Crippen LogP contribution in [0.1, 0.15) is 88.5 Å². The lowest BCUT2D eigenvalue weighted by Crippen LogP contribution is -2.52. The van der Waals surface area contributed by atoms with Gasteiger partial charge in [0.15, 0.2) is 5.11 Å². The molecule has 11 rings (SSSR count). The van der Waals surface area contributed by atoms with Crippen LogP contribution in [0.3, 0.4) is 0 Å². The molecule has 4 heterocycles. The van der Waals surface area contributed by atoms with E-state index in [4.69, 9.17) is 21.7 Å². The molecule has 4 fully saturated rings. The number of piperidine rings is 2. The van der Waals surface area contributed by atoms with Gasteiger partial charge in [0.25, 0.3) is 0 Å². The SMILES string of the molecule is CN1CCN(c2ccc3c(c2)C2CC3CCN2C(=O)OCc2ccc(-c3ccc(CCNC(=S)N4CCN(c5ccc6c(c5)C5CC6CCN5C(=O)OCc5ccccc5)CC4)cc3)cc2)CC1. The second kappa shape index (κ2) is 19.5. The minimum atomic E-state index is -0.219. The zero-order valence-corrected chi connectivity index (χ0v) is 40.0. The molecule has 0 spiro atoms. The summed E-state index contributed by atoms with van der Waals surface area (Å²) in [6, 6.07) is 41.0. The average Bonchev–Trinajstić information content (AvgIpc) is 3.83. The van der Waals surface area contributed by atoms with Crippen molar-refractivity contribution in [2.75, 3.05) is 88.8 Å². The lowest BCUT2D eigenvalue weighted by atomic mass is 9.96. The number of likely N-dealkylation sites (N-methyl/N-ethyl adjacent to an activating group) is 1. The molecule has 4 aliphatic heterocycles. The summed E-state index contributed by atoms with van der Waals surface area (Å²) in [7, 11) is 2.19. The van der Waals surface area contributed by atoms with Crippen LogP contribution in [0.4, 0.5) is 21.0 Å². The summed E-state index contributed by atoms with van der Waals surface area (Å²) in [4.78, 5) is 40.3. The van der Waals surface area contributed by atoms with E-state index in [-0.39, 0.29) is 30.9 Å². The Morgan fingerprint density at radius 1 is 0.559 bits per heavy atom. The molecule has 68 heavy (non-hydrogen) atoms. The molecule has 4 atom stereocenters. The Hall–Kier alpha value is -6.11. The number of carbonyl (C=O) groups is 2. The van der Waals surface area contributed by atoms with Crippen molar-refractivity contribution in [1.29, 1.82) is 0 Å². The van der Waals surface area contributed by atoms with Gasteiger partial charge in [0.1, 0.15) is 13.2 Å². The first-order chi connectivity index (χ1) is 33.3. The van der Waals surface area contributed by atoms with E-state index in [0.717, 1.165) is 131 Å². The lowest BCUT2D eigenvalue weighted by Gasteiger charge is -2.38. The minimum Gasteiger partial charge on any atom is -0.445 e. The first-order valence-corrected chi connectivity index (χ1v) is 25.3. The van der Waals surface area contributed by atoms with E-state index in [1.165, 1.54) is 39.2 Å². The fraction of sp³-hybridized carbons (Fsp3) is 0.411. The van der Waals surface area contributed by atoms with E-state index in [1.807, 2.05) is 40.1 Å². The van der Waals surface area contributed by atoms with E-state index in [1.54, 1.807) is 0 Å². The predicted molar refractivity (Wildman–Crippen MR) is 272 cm³/mol. The number of carbonyl (C=O) groups excluding carboxylic acids is 2. The Kier molecular flexibility index (Phi) is 12.7. The number of ether oxygens (including phenoxy) is 2. The van der Waals surface area contributed by atoms with Gasteiger partial charge < -0.3 is 44.2 Å². The summed E-state index contributed by atoms with van der Waals surface area (Å²) in [5.41, 5.74) is 13.4. The number of hydrogen-bond acceptors (Lipinski definition) is 8. The summed E-state index contributed by atoms with van der Waals surface area (Å²) >= 11 is 5.88. The predicted octanol–water partition coefficient (Wildman–Crippen LogP) is 9.49. The third-order valence-corrected chi connectivity index (χ3v) is 16.1. The normalized spacial score (nSPS) is 21.9. The molecule has 2 aliphatic carbocycles. The number of amides is 2. The van der Waals surface area contributed by atoms with Crippen LogP contribution < -0.4 is 15.1 Å². The fourth-order valence-electron chi connectivity index (χ4n) is 11.7. The molecule has 5 aromatic rings. The van der Waals surface area contributed by atoms with Crippen molar-refractivity contribution in [3.63, 3.8) is 0 Å². The number of nitrogens with one attached hydrogen (secondary N) is 1. The van der Waals surface area contributed by atoms with Crippen LogP contribution in [0.2, 0.25) is 0 Å². The van der Waals surface area contributed by atoms with Gasteiger partial charge in [0.05, 0.1) is 12.1 Å². The highest BCUT2D eigenvalue weighted by atomic mass is 32.1. The number of likely N-dealkylation sites (tertiary alicyclic amines) is 2. The van der Waals surface area contributed by atoms with Crippen LogP contribution in [0, 0.1) is 0 Å². The second-order valence-electron chi connectivity index (χ2n) is 19.7. The number of piperazine rings is 2. The van der Waals surface area contributed by atoms with Crippen LogP contribution in [0.5, 0.6) is 0 Å². The van der Waals surface area contributed by atoms with Crippen molar-refractivity contribution in [3.8, 4) is 11.1 Å². The Labute approximate surface area is 406 Å². The Morgan fingerprint density at radius 2 is 1.04 bits per heavy atom. The highest BCUT2D eigenvalue weighted by Gasteiger charge is 2.43. The number of fused-ring (bicyclic) bond motifs is 10. The van der Waals surface area contributed by atoms with Crippen LogP contribution >= 0.6 is 12.2 Å². The lowest BCUT2D eigenvalue weighted by molar-refractivity contribution is 0.0688. The molecule has 1 N–H and O–H groups in total. The zero-order valence-electron chi connectivity index (χ0n) is 39.2. The highest BCUT2D eigenvalue weighted by molar-refractivity contribution is 7.80. The van der Waals surface area contributed by atoms with Gasteiger partial charge in [-0.25, -0.2) is 9.59 Å². The van der Waals surface area contributed by atoms with Gasteiger partial charge >= 0.3 is 12.2 Å². The van der Waals surface area contributed by atoms with Crippen LogP contribution in [0.25, 0.3) is 11.1 Å². The van der Waals surface area contributed by atoms with Crippen molar-refractivity contribution in [2.24, 2.45) is 0 Å². The molecule has 11 nitrogen and oxygen atoms in total. The molecule has 4 bridgehead atoms. The fourth-order valence-corrected chi connectivity index (χ4v) is 12.0. The first kappa shape index (κ1) is 44.4.